The third-order valence-electron chi connectivity index (χ3n) is 1.96. The maximum absolute atomic E-state index is 10.7. The van der Waals surface area contributed by atoms with Gasteiger partial charge in [0, 0.05) is 9.85 Å². The van der Waals surface area contributed by atoms with Crippen LogP contribution in [-0.2, 0) is 0 Å². The van der Waals surface area contributed by atoms with Gasteiger partial charge in [-0.1, -0.05) is 39.1 Å². The number of carbonyl (C=O) groups is 1. The van der Waals surface area contributed by atoms with E-state index in [-0.39, 0.29) is 5.69 Å². The van der Waals surface area contributed by atoms with E-state index in [4.69, 9.17) is 28.3 Å². The van der Waals surface area contributed by atoms with Crippen molar-refractivity contribution in [3.8, 4) is 0 Å². The number of carboxylic acids is 1. The van der Waals surface area contributed by atoms with Crippen molar-refractivity contribution in [1.82, 2.24) is 4.98 Å². The summed E-state index contributed by atoms with van der Waals surface area (Å²) in [5.41, 5.74) is 0.472. The molecule has 0 radical (unpaired) electrons. The molecule has 1 aromatic carbocycles. The number of benzene rings is 1. The van der Waals surface area contributed by atoms with E-state index in [0.29, 0.717) is 20.9 Å². The summed E-state index contributed by atoms with van der Waals surface area (Å²) in [6, 6.07) is 3.36. The summed E-state index contributed by atoms with van der Waals surface area (Å²) >= 11 is 16.5. The molecule has 0 saturated heterocycles. The van der Waals surface area contributed by atoms with Gasteiger partial charge in [-0.15, -0.1) is 11.3 Å². The van der Waals surface area contributed by atoms with Gasteiger partial charge in [0.1, 0.15) is 0 Å². The van der Waals surface area contributed by atoms with Crippen LogP contribution in [0.5, 0.6) is 0 Å². The number of hydrogen-bond donors (Lipinski definition) is 2. The van der Waals surface area contributed by atoms with Crippen molar-refractivity contribution in [2.24, 2.45) is 0 Å². The largest absolute Gasteiger partial charge is 0.476 e. The lowest BCUT2D eigenvalue weighted by atomic mass is 10.3. The normalized spacial score (nSPS) is 10.4. The molecule has 0 atom stereocenters. The number of thiazole rings is 1. The Morgan fingerprint density at radius 3 is 2.50 bits per heavy atom. The molecule has 1 heterocycles. The Bertz CT molecular complexity index is 595. The van der Waals surface area contributed by atoms with Crippen LogP contribution in [0.2, 0.25) is 10.0 Å². The zero-order valence-corrected chi connectivity index (χ0v) is 12.5. The Hall–Kier alpha value is -0.820. The molecule has 2 rings (SSSR count). The zero-order valence-electron chi connectivity index (χ0n) is 8.58. The van der Waals surface area contributed by atoms with Crippen molar-refractivity contribution in [3.63, 3.8) is 0 Å². The second-order valence-corrected chi connectivity index (χ2v) is 5.80. The Labute approximate surface area is 125 Å². The quantitative estimate of drug-likeness (QED) is 0.828. The lowest BCUT2D eigenvalue weighted by Crippen LogP contribution is -1.97. The van der Waals surface area contributed by atoms with Crippen LogP contribution >= 0.6 is 50.5 Å². The Kier molecular flexibility index (Phi) is 4.11. The monoisotopic (exact) mass is 366 g/mol. The van der Waals surface area contributed by atoms with Gasteiger partial charge in [-0.25, -0.2) is 9.78 Å². The summed E-state index contributed by atoms with van der Waals surface area (Å²) in [6.07, 6.45) is 0. The summed E-state index contributed by atoms with van der Waals surface area (Å²) in [6.45, 7) is 0. The van der Waals surface area contributed by atoms with Crippen molar-refractivity contribution < 1.29 is 9.90 Å². The topological polar surface area (TPSA) is 62.2 Å². The molecule has 2 N–H and O–H groups in total. The second kappa shape index (κ2) is 5.44. The van der Waals surface area contributed by atoms with Crippen molar-refractivity contribution in [3.05, 3.63) is 37.7 Å². The highest BCUT2D eigenvalue weighted by Crippen LogP contribution is 2.36. The van der Waals surface area contributed by atoms with E-state index < -0.39 is 5.97 Å². The lowest BCUT2D eigenvalue weighted by Gasteiger charge is -2.08. The number of hydrogen-bond acceptors (Lipinski definition) is 4. The van der Waals surface area contributed by atoms with Gasteiger partial charge in [-0.3, -0.25) is 0 Å². The number of halogens is 3. The zero-order chi connectivity index (χ0) is 13.3. The van der Waals surface area contributed by atoms with Gasteiger partial charge in [0.25, 0.3) is 0 Å². The Morgan fingerprint density at radius 1 is 1.39 bits per heavy atom. The van der Waals surface area contributed by atoms with Crippen LogP contribution in [0.15, 0.2) is 22.0 Å². The molecular weight excluding hydrogens is 363 g/mol. The third kappa shape index (κ3) is 2.95. The Morgan fingerprint density at radius 2 is 2.00 bits per heavy atom. The molecule has 0 amide bonds. The van der Waals surface area contributed by atoms with Gasteiger partial charge in [-0.05, 0) is 12.1 Å². The number of aromatic nitrogens is 1. The minimum atomic E-state index is -1.08. The fourth-order valence-electron chi connectivity index (χ4n) is 1.20. The number of carboxylic acid groups (broad SMARTS) is 1. The van der Waals surface area contributed by atoms with E-state index in [0.717, 1.165) is 15.8 Å². The smallest absolute Gasteiger partial charge is 0.355 e. The summed E-state index contributed by atoms with van der Waals surface area (Å²) in [5.74, 6) is -1.08. The first kappa shape index (κ1) is 13.6. The molecule has 94 valence electrons. The molecule has 1 aromatic heterocycles. The van der Waals surface area contributed by atoms with Crippen LogP contribution in [0.25, 0.3) is 0 Å². The van der Waals surface area contributed by atoms with Crippen molar-refractivity contribution in [2.75, 3.05) is 5.32 Å². The van der Waals surface area contributed by atoms with E-state index >= 15 is 0 Å². The van der Waals surface area contributed by atoms with Gasteiger partial charge >= 0.3 is 5.97 Å². The fourth-order valence-corrected chi connectivity index (χ4v) is 3.19. The van der Waals surface area contributed by atoms with Crippen LogP contribution in [0.4, 0.5) is 10.8 Å². The lowest BCUT2D eigenvalue weighted by molar-refractivity contribution is 0.0691. The van der Waals surface area contributed by atoms with Gasteiger partial charge < -0.3 is 10.4 Å². The number of nitrogens with one attached hydrogen (secondary N) is 1. The third-order valence-corrected chi connectivity index (χ3v) is 3.77. The van der Waals surface area contributed by atoms with Crippen LogP contribution in [-0.4, -0.2) is 16.1 Å². The highest BCUT2D eigenvalue weighted by molar-refractivity contribution is 9.10. The molecule has 0 aliphatic rings. The number of nitrogens with zero attached hydrogens (tertiary/aromatic N) is 1. The van der Waals surface area contributed by atoms with E-state index in [1.807, 2.05) is 0 Å². The molecule has 0 bridgehead atoms. The summed E-state index contributed by atoms with van der Waals surface area (Å²) in [5, 5.41) is 14.4. The molecule has 18 heavy (non-hydrogen) atoms. The van der Waals surface area contributed by atoms with Gasteiger partial charge in [0.15, 0.2) is 10.8 Å². The highest BCUT2D eigenvalue weighted by Gasteiger charge is 2.12. The maximum Gasteiger partial charge on any atom is 0.355 e. The molecular formula is C10H5BrCl2N2O2S. The standard InChI is InChI=1S/C10H5BrCl2N2O2S/c11-4-1-5(12)8(6(13)2-4)15-10-14-7(3-18-10)9(16)17/h1-3H,(H,14,15)(H,16,17). The second-order valence-electron chi connectivity index (χ2n) is 3.21. The van der Waals surface area contributed by atoms with Crippen LogP contribution < -0.4 is 5.32 Å². The molecule has 0 saturated carbocycles. The average Bonchev–Trinajstić information content (AvgIpc) is 2.71. The number of aromatic carboxylic acids is 1. The molecule has 8 heteroatoms. The van der Waals surface area contributed by atoms with Crippen molar-refractivity contribution in [1.29, 1.82) is 0 Å². The first-order valence-corrected chi connectivity index (χ1v) is 7.00. The molecule has 2 aromatic rings. The maximum atomic E-state index is 10.7. The molecule has 0 fully saturated rings. The van der Waals surface area contributed by atoms with Gasteiger partial charge in [0.05, 0.1) is 15.7 Å². The van der Waals surface area contributed by atoms with Crippen LogP contribution in [0.3, 0.4) is 0 Å². The first-order valence-electron chi connectivity index (χ1n) is 4.58. The van der Waals surface area contributed by atoms with Gasteiger partial charge in [-0.2, -0.15) is 0 Å². The molecule has 0 spiro atoms. The average molecular weight is 368 g/mol. The Balaban J connectivity index is 2.31. The van der Waals surface area contributed by atoms with Crippen LogP contribution in [0.1, 0.15) is 10.5 Å². The molecule has 4 nitrogen and oxygen atoms in total. The number of rotatable bonds is 3. The van der Waals surface area contributed by atoms with E-state index in [1.54, 1.807) is 12.1 Å². The predicted octanol–water partition coefficient (Wildman–Crippen LogP) is 4.65. The van der Waals surface area contributed by atoms with E-state index in [1.165, 1.54) is 5.38 Å². The molecule has 0 aliphatic carbocycles. The first-order chi connectivity index (χ1) is 8.47. The van der Waals surface area contributed by atoms with Gasteiger partial charge in [0.2, 0.25) is 0 Å². The number of anilines is 2. The summed E-state index contributed by atoms with van der Waals surface area (Å²) in [4.78, 5) is 14.6. The predicted molar refractivity (Wildman–Crippen MR) is 76.5 cm³/mol. The SMILES string of the molecule is O=C(O)c1csc(Nc2c(Cl)cc(Br)cc2Cl)n1. The highest BCUT2D eigenvalue weighted by atomic mass is 79.9. The fraction of sp³-hybridized carbons (Fsp3) is 0. The summed E-state index contributed by atoms with van der Waals surface area (Å²) < 4.78 is 0.758. The minimum Gasteiger partial charge on any atom is -0.476 e. The van der Waals surface area contributed by atoms with E-state index in [9.17, 15) is 4.79 Å². The van der Waals surface area contributed by atoms with Crippen molar-refractivity contribution in [2.45, 2.75) is 0 Å². The minimum absolute atomic E-state index is 0.0214. The molecule has 0 aliphatic heterocycles. The van der Waals surface area contributed by atoms with E-state index in [2.05, 4.69) is 26.2 Å². The van der Waals surface area contributed by atoms with Crippen LogP contribution in [0, 0.1) is 0 Å². The van der Waals surface area contributed by atoms with Crippen molar-refractivity contribution >= 4 is 67.3 Å². The molecule has 0 unspecified atom stereocenters. The summed E-state index contributed by atoms with van der Waals surface area (Å²) in [7, 11) is 0.